The fraction of sp³-hybridized carbons (Fsp3) is 0.435. The van der Waals surface area contributed by atoms with Gasteiger partial charge in [0.25, 0.3) is 5.91 Å². The second kappa shape index (κ2) is 8.39. The van der Waals surface area contributed by atoms with Crippen LogP contribution >= 0.6 is 0 Å². The van der Waals surface area contributed by atoms with Crippen molar-refractivity contribution in [2.45, 2.75) is 65.0 Å². The Bertz CT molecular complexity index is 769. The largest absolute Gasteiger partial charge is 0.481 e. The summed E-state index contributed by atoms with van der Waals surface area (Å²) in [5.41, 5.74) is 5.19. The van der Waals surface area contributed by atoms with Crippen LogP contribution in [0.25, 0.3) is 0 Å². The molecule has 1 aliphatic rings. The predicted octanol–water partition coefficient (Wildman–Crippen LogP) is 4.77. The molecule has 0 aromatic heterocycles. The number of hydrogen-bond acceptors (Lipinski definition) is 2. The van der Waals surface area contributed by atoms with Crippen LogP contribution in [0.1, 0.15) is 61.9 Å². The zero-order valence-electron chi connectivity index (χ0n) is 16.0. The van der Waals surface area contributed by atoms with Crippen molar-refractivity contribution in [2.75, 3.05) is 0 Å². The maximum atomic E-state index is 12.6. The van der Waals surface area contributed by atoms with Gasteiger partial charge in [0.05, 0.1) is 6.04 Å². The summed E-state index contributed by atoms with van der Waals surface area (Å²) in [7, 11) is 0. The molecule has 2 aromatic rings. The SMILES string of the molecule is CCc1ccccc1O[C@H](C)C(=O)N[C@H](C)c1ccc2c(c1)CCCC2. The van der Waals surface area contributed by atoms with Crippen molar-refractivity contribution < 1.29 is 9.53 Å². The van der Waals surface area contributed by atoms with E-state index in [0.717, 1.165) is 24.2 Å². The highest BCUT2D eigenvalue weighted by molar-refractivity contribution is 5.81. The molecule has 1 N–H and O–H groups in total. The van der Waals surface area contributed by atoms with Gasteiger partial charge in [0.1, 0.15) is 5.75 Å². The Morgan fingerprint density at radius 2 is 1.81 bits per heavy atom. The van der Waals surface area contributed by atoms with E-state index in [-0.39, 0.29) is 11.9 Å². The van der Waals surface area contributed by atoms with Crippen LogP contribution in [0.5, 0.6) is 5.75 Å². The lowest BCUT2D eigenvalue weighted by atomic mass is 9.89. The third-order valence-electron chi connectivity index (χ3n) is 5.26. The van der Waals surface area contributed by atoms with Crippen LogP contribution in [-0.2, 0) is 24.1 Å². The van der Waals surface area contributed by atoms with E-state index in [9.17, 15) is 4.79 Å². The highest BCUT2D eigenvalue weighted by Gasteiger charge is 2.19. The fourth-order valence-electron chi connectivity index (χ4n) is 3.59. The van der Waals surface area contributed by atoms with E-state index in [1.54, 1.807) is 6.92 Å². The van der Waals surface area contributed by atoms with Crippen molar-refractivity contribution in [1.29, 1.82) is 0 Å². The summed E-state index contributed by atoms with van der Waals surface area (Å²) in [5, 5.41) is 3.10. The lowest BCUT2D eigenvalue weighted by molar-refractivity contribution is -0.127. The minimum Gasteiger partial charge on any atom is -0.481 e. The number of carbonyl (C=O) groups is 1. The fourth-order valence-corrected chi connectivity index (χ4v) is 3.59. The molecule has 0 unspecified atom stereocenters. The van der Waals surface area contributed by atoms with Gasteiger partial charge in [0.2, 0.25) is 0 Å². The number of benzene rings is 2. The molecule has 1 amide bonds. The van der Waals surface area contributed by atoms with Gasteiger partial charge >= 0.3 is 0 Å². The highest BCUT2D eigenvalue weighted by atomic mass is 16.5. The van der Waals surface area contributed by atoms with Gasteiger partial charge in [-0.15, -0.1) is 0 Å². The van der Waals surface area contributed by atoms with Crippen LogP contribution in [0.3, 0.4) is 0 Å². The van der Waals surface area contributed by atoms with Gasteiger partial charge in [0.15, 0.2) is 6.10 Å². The number of fused-ring (bicyclic) bond motifs is 1. The molecule has 3 rings (SSSR count). The average Bonchev–Trinajstić information content (AvgIpc) is 2.67. The molecule has 26 heavy (non-hydrogen) atoms. The summed E-state index contributed by atoms with van der Waals surface area (Å²) in [5.74, 6) is 0.709. The maximum absolute atomic E-state index is 12.6. The lowest BCUT2D eigenvalue weighted by Gasteiger charge is -2.22. The van der Waals surface area contributed by atoms with E-state index in [1.807, 2.05) is 31.2 Å². The van der Waals surface area contributed by atoms with Gasteiger partial charge in [-0.25, -0.2) is 0 Å². The normalized spacial score (nSPS) is 15.7. The van der Waals surface area contributed by atoms with E-state index >= 15 is 0 Å². The van der Waals surface area contributed by atoms with Crippen LogP contribution < -0.4 is 10.1 Å². The molecule has 0 saturated heterocycles. The topological polar surface area (TPSA) is 38.3 Å². The van der Waals surface area contributed by atoms with E-state index in [2.05, 4.69) is 30.4 Å². The van der Waals surface area contributed by atoms with Crippen molar-refractivity contribution >= 4 is 5.91 Å². The van der Waals surface area contributed by atoms with Gasteiger partial charge in [-0.1, -0.05) is 43.3 Å². The molecule has 0 radical (unpaired) electrons. The molecule has 0 fully saturated rings. The number of amides is 1. The predicted molar refractivity (Wildman–Crippen MR) is 106 cm³/mol. The quantitative estimate of drug-likeness (QED) is 0.814. The monoisotopic (exact) mass is 351 g/mol. The molecule has 0 heterocycles. The van der Waals surface area contributed by atoms with Crippen molar-refractivity contribution in [3.05, 3.63) is 64.7 Å². The Labute approximate surface area is 156 Å². The Morgan fingerprint density at radius 3 is 2.58 bits per heavy atom. The number of nitrogens with one attached hydrogen (secondary N) is 1. The lowest BCUT2D eigenvalue weighted by Crippen LogP contribution is -2.38. The average molecular weight is 351 g/mol. The van der Waals surface area contributed by atoms with Crippen molar-refractivity contribution in [3.63, 3.8) is 0 Å². The molecule has 3 heteroatoms. The standard InChI is InChI=1S/C23H29NO2/c1-4-18-9-7-8-12-22(18)26-17(3)23(25)24-16(2)20-14-13-19-10-5-6-11-21(19)15-20/h7-9,12-17H,4-6,10-11H2,1-3H3,(H,24,25)/t16-,17-/m1/s1. The number of para-hydroxylation sites is 1. The second-order valence-corrected chi connectivity index (χ2v) is 7.19. The molecule has 2 aromatic carbocycles. The zero-order chi connectivity index (χ0) is 18.5. The summed E-state index contributed by atoms with van der Waals surface area (Å²) >= 11 is 0. The number of aryl methyl sites for hydroxylation is 3. The molecular weight excluding hydrogens is 322 g/mol. The van der Waals surface area contributed by atoms with Crippen LogP contribution in [0.2, 0.25) is 0 Å². The van der Waals surface area contributed by atoms with Crippen molar-refractivity contribution in [3.8, 4) is 5.75 Å². The number of ether oxygens (including phenoxy) is 1. The van der Waals surface area contributed by atoms with Crippen LogP contribution in [0.15, 0.2) is 42.5 Å². The van der Waals surface area contributed by atoms with Crippen LogP contribution in [0.4, 0.5) is 0 Å². The third-order valence-corrected chi connectivity index (χ3v) is 5.26. The Hall–Kier alpha value is -2.29. The van der Waals surface area contributed by atoms with Crippen LogP contribution in [-0.4, -0.2) is 12.0 Å². The van der Waals surface area contributed by atoms with Gasteiger partial charge in [-0.05, 0) is 74.3 Å². The molecular formula is C23H29NO2. The first-order valence-electron chi connectivity index (χ1n) is 9.75. The van der Waals surface area contributed by atoms with Gasteiger partial charge < -0.3 is 10.1 Å². The molecule has 0 spiro atoms. The summed E-state index contributed by atoms with van der Waals surface area (Å²) < 4.78 is 5.91. The van der Waals surface area contributed by atoms with E-state index in [4.69, 9.17) is 4.74 Å². The number of carbonyl (C=O) groups excluding carboxylic acids is 1. The second-order valence-electron chi connectivity index (χ2n) is 7.19. The third kappa shape index (κ3) is 4.27. The molecule has 1 aliphatic carbocycles. The minimum atomic E-state index is -0.525. The number of hydrogen-bond donors (Lipinski definition) is 1. The molecule has 0 saturated carbocycles. The van der Waals surface area contributed by atoms with Crippen molar-refractivity contribution in [1.82, 2.24) is 5.32 Å². The van der Waals surface area contributed by atoms with Gasteiger partial charge in [-0.3, -0.25) is 4.79 Å². The number of rotatable bonds is 6. The molecule has 2 atom stereocenters. The van der Waals surface area contributed by atoms with Crippen LogP contribution in [0, 0.1) is 0 Å². The smallest absolute Gasteiger partial charge is 0.261 e. The van der Waals surface area contributed by atoms with E-state index in [1.165, 1.54) is 36.0 Å². The summed E-state index contributed by atoms with van der Waals surface area (Å²) in [6.07, 6.45) is 5.24. The van der Waals surface area contributed by atoms with E-state index in [0.29, 0.717) is 0 Å². The summed E-state index contributed by atoms with van der Waals surface area (Å²) in [6, 6.07) is 14.5. The van der Waals surface area contributed by atoms with Gasteiger partial charge in [-0.2, -0.15) is 0 Å². The minimum absolute atomic E-state index is 0.0257. The summed E-state index contributed by atoms with van der Waals surface area (Å²) in [4.78, 5) is 12.6. The molecule has 0 bridgehead atoms. The zero-order valence-corrected chi connectivity index (χ0v) is 16.0. The molecule has 0 aliphatic heterocycles. The maximum Gasteiger partial charge on any atom is 0.261 e. The summed E-state index contributed by atoms with van der Waals surface area (Å²) in [6.45, 7) is 5.93. The first kappa shape index (κ1) is 18.5. The first-order chi connectivity index (χ1) is 12.6. The molecule has 138 valence electrons. The Balaban J connectivity index is 1.63. The van der Waals surface area contributed by atoms with E-state index < -0.39 is 6.10 Å². The Morgan fingerprint density at radius 1 is 1.08 bits per heavy atom. The first-order valence-corrected chi connectivity index (χ1v) is 9.75. The Kier molecular flexibility index (Phi) is 5.97. The molecule has 3 nitrogen and oxygen atoms in total. The van der Waals surface area contributed by atoms with Crippen molar-refractivity contribution in [2.24, 2.45) is 0 Å². The highest BCUT2D eigenvalue weighted by Crippen LogP contribution is 2.25. The van der Waals surface area contributed by atoms with Gasteiger partial charge in [0, 0.05) is 0 Å².